The maximum absolute atomic E-state index is 10.6. The number of hydrogen-bond acceptors (Lipinski definition) is 4. The summed E-state index contributed by atoms with van der Waals surface area (Å²) in [6, 6.07) is 2.21. The lowest BCUT2D eigenvalue weighted by atomic mass is 9.84. The molecule has 6 heteroatoms. The molecule has 0 aromatic carbocycles. The maximum Gasteiger partial charge on any atom is 0.303 e. The van der Waals surface area contributed by atoms with Crippen LogP contribution in [0.5, 0.6) is 0 Å². The van der Waals surface area contributed by atoms with Crippen LogP contribution in [0.15, 0.2) is 6.20 Å². The van der Waals surface area contributed by atoms with E-state index in [1.807, 2.05) is 6.07 Å². The van der Waals surface area contributed by atoms with Crippen LogP contribution in [0, 0.1) is 17.2 Å². The SMILES string of the molecule is N#Cc1cn(C2CCC(CC(=O)O)CC2)nn1. The average molecular weight is 234 g/mol. The monoisotopic (exact) mass is 234 g/mol. The van der Waals surface area contributed by atoms with E-state index in [0.717, 1.165) is 25.7 Å². The summed E-state index contributed by atoms with van der Waals surface area (Å²) in [6.07, 6.45) is 5.53. The van der Waals surface area contributed by atoms with Crippen LogP contribution < -0.4 is 0 Å². The van der Waals surface area contributed by atoms with Gasteiger partial charge in [0.05, 0.1) is 12.2 Å². The highest BCUT2D eigenvalue weighted by atomic mass is 16.4. The van der Waals surface area contributed by atoms with Gasteiger partial charge in [-0.3, -0.25) is 4.79 Å². The van der Waals surface area contributed by atoms with Crippen molar-refractivity contribution in [2.24, 2.45) is 5.92 Å². The molecule has 0 amide bonds. The summed E-state index contributed by atoms with van der Waals surface area (Å²) in [5.41, 5.74) is 0.331. The Bertz CT molecular complexity index is 441. The van der Waals surface area contributed by atoms with Crippen LogP contribution in [-0.2, 0) is 4.79 Å². The Morgan fingerprint density at radius 2 is 2.24 bits per heavy atom. The Hall–Kier alpha value is -1.90. The maximum atomic E-state index is 10.6. The molecular formula is C11H14N4O2. The van der Waals surface area contributed by atoms with Crippen molar-refractivity contribution in [1.82, 2.24) is 15.0 Å². The number of carboxylic acids is 1. The first-order valence-electron chi connectivity index (χ1n) is 5.72. The van der Waals surface area contributed by atoms with Crippen LogP contribution in [0.1, 0.15) is 43.8 Å². The molecule has 0 spiro atoms. The van der Waals surface area contributed by atoms with Crippen molar-refractivity contribution >= 4 is 5.97 Å². The molecule has 1 aliphatic carbocycles. The summed E-state index contributed by atoms with van der Waals surface area (Å²) < 4.78 is 1.73. The molecule has 1 heterocycles. The molecular weight excluding hydrogens is 220 g/mol. The predicted molar refractivity (Wildman–Crippen MR) is 58.0 cm³/mol. The molecule has 17 heavy (non-hydrogen) atoms. The molecule has 1 N–H and O–H groups in total. The summed E-state index contributed by atoms with van der Waals surface area (Å²) in [6.45, 7) is 0. The summed E-state index contributed by atoms with van der Waals surface area (Å²) >= 11 is 0. The number of hydrogen-bond donors (Lipinski definition) is 1. The third-order valence-electron chi connectivity index (χ3n) is 3.28. The van der Waals surface area contributed by atoms with E-state index in [1.165, 1.54) is 0 Å². The largest absolute Gasteiger partial charge is 0.481 e. The minimum Gasteiger partial charge on any atom is -0.481 e. The van der Waals surface area contributed by atoms with E-state index in [2.05, 4.69) is 10.3 Å². The van der Waals surface area contributed by atoms with E-state index < -0.39 is 5.97 Å². The minimum absolute atomic E-state index is 0.257. The topological polar surface area (TPSA) is 91.8 Å². The van der Waals surface area contributed by atoms with Crippen LogP contribution in [0.4, 0.5) is 0 Å². The molecule has 1 fully saturated rings. The van der Waals surface area contributed by atoms with Crippen molar-refractivity contribution < 1.29 is 9.90 Å². The predicted octanol–water partition coefficient (Wildman–Crippen LogP) is 1.36. The second-order valence-electron chi connectivity index (χ2n) is 4.47. The van der Waals surface area contributed by atoms with Gasteiger partial charge in [-0.15, -0.1) is 5.10 Å². The zero-order chi connectivity index (χ0) is 12.3. The normalized spacial score (nSPS) is 24.2. The fourth-order valence-electron chi connectivity index (χ4n) is 2.37. The van der Waals surface area contributed by atoms with E-state index in [1.54, 1.807) is 10.9 Å². The lowest BCUT2D eigenvalue weighted by Gasteiger charge is -2.27. The molecule has 0 aliphatic heterocycles. The molecule has 90 valence electrons. The van der Waals surface area contributed by atoms with Crippen molar-refractivity contribution in [2.75, 3.05) is 0 Å². The zero-order valence-electron chi connectivity index (χ0n) is 9.41. The summed E-state index contributed by atoms with van der Waals surface area (Å²) in [5, 5.41) is 25.0. The van der Waals surface area contributed by atoms with E-state index in [-0.39, 0.29) is 18.4 Å². The molecule has 0 unspecified atom stereocenters. The quantitative estimate of drug-likeness (QED) is 0.852. The fourth-order valence-corrected chi connectivity index (χ4v) is 2.37. The molecule has 6 nitrogen and oxygen atoms in total. The smallest absolute Gasteiger partial charge is 0.303 e. The lowest BCUT2D eigenvalue weighted by molar-refractivity contribution is -0.138. The van der Waals surface area contributed by atoms with Gasteiger partial charge in [-0.1, -0.05) is 5.21 Å². The standard InChI is InChI=1S/C11H14N4O2/c12-6-9-7-15(14-13-9)10-3-1-8(2-4-10)5-11(16)17/h7-8,10H,1-5H2,(H,16,17). The first kappa shape index (κ1) is 11.6. The Balaban J connectivity index is 1.91. The fraction of sp³-hybridized carbons (Fsp3) is 0.636. The summed E-state index contributed by atoms with van der Waals surface area (Å²) in [7, 11) is 0. The van der Waals surface area contributed by atoms with Gasteiger partial charge in [0.15, 0.2) is 5.69 Å². The number of nitriles is 1. The van der Waals surface area contributed by atoms with Gasteiger partial charge in [-0.05, 0) is 31.6 Å². The molecule has 1 saturated carbocycles. The number of aromatic nitrogens is 3. The number of nitrogens with zero attached hydrogens (tertiary/aromatic N) is 4. The Morgan fingerprint density at radius 1 is 1.53 bits per heavy atom. The van der Waals surface area contributed by atoms with Gasteiger partial charge in [0.2, 0.25) is 0 Å². The lowest BCUT2D eigenvalue weighted by Crippen LogP contribution is -2.20. The van der Waals surface area contributed by atoms with Crippen molar-refractivity contribution in [3.8, 4) is 6.07 Å². The molecule has 1 aliphatic rings. The molecule has 1 aromatic rings. The second-order valence-corrected chi connectivity index (χ2v) is 4.47. The molecule has 0 radical (unpaired) electrons. The van der Waals surface area contributed by atoms with Crippen LogP contribution in [0.2, 0.25) is 0 Å². The molecule has 0 bridgehead atoms. The second kappa shape index (κ2) is 4.95. The van der Waals surface area contributed by atoms with Gasteiger partial charge in [0, 0.05) is 6.42 Å². The highest BCUT2D eigenvalue weighted by Crippen LogP contribution is 2.33. The zero-order valence-corrected chi connectivity index (χ0v) is 9.41. The van der Waals surface area contributed by atoms with Crippen LogP contribution in [0.3, 0.4) is 0 Å². The number of carboxylic acid groups (broad SMARTS) is 1. The van der Waals surface area contributed by atoms with Crippen LogP contribution in [-0.4, -0.2) is 26.1 Å². The number of aliphatic carboxylic acids is 1. The van der Waals surface area contributed by atoms with Crippen LogP contribution in [0.25, 0.3) is 0 Å². The van der Waals surface area contributed by atoms with Gasteiger partial charge in [-0.2, -0.15) is 5.26 Å². The highest BCUT2D eigenvalue weighted by molar-refractivity contribution is 5.67. The van der Waals surface area contributed by atoms with Crippen molar-refractivity contribution in [2.45, 2.75) is 38.1 Å². The molecule has 0 atom stereocenters. The molecule has 1 aromatic heterocycles. The van der Waals surface area contributed by atoms with E-state index in [9.17, 15) is 4.79 Å². The van der Waals surface area contributed by atoms with Gasteiger partial charge in [0.25, 0.3) is 0 Å². The van der Waals surface area contributed by atoms with Crippen LogP contribution >= 0.6 is 0 Å². The Morgan fingerprint density at radius 3 is 2.76 bits per heavy atom. The Kier molecular flexibility index (Phi) is 3.38. The summed E-state index contributed by atoms with van der Waals surface area (Å²) in [4.78, 5) is 10.6. The van der Waals surface area contributed by atoms with Gasteiger partial charge in [-0.25, -0.2) is 4.68 Å². The van der Waals surface area contributed by atoms with E-state index in [4.69, 9.17) is 10.4 Å². The van der Waals surface area contributed by atoms with Gasteiger partial charge >= 0.3 is 5.97 Å². The number of rotatable bonds is 3. The molecule has 0 saturated heterocycles. The summed E-state index contributed by atoms with van der Waals surface area (Å²) in [5.74, 6) is -0.441. The van der Waals surface area contributed by atoms with E-state index >= 15 is 0 Å². The van der Waals surface area contributed by atoms with Gasteiger partial charge in [0.1, 0.15) is 6.07 Å². The van der Waals surface area contributed by atoms with Crippen molar-refractivity contribution in [3.63, 3.8) is 0 Å². The highest BCUT2D eigenvalue weighted by Gasteiger charge is 2.24. The average Bonchev–Trinajstić information content (AvgIpc) is 2.78. The first-order valence-corrected chi connectivity index (χ1v) is 5.72. The third kappa shape index (κ3) is 2.81. The molecule has 2 rings (SSSR count). The van der Waals surface area contributed by atoms with Crippen molar-refractivity contribution in [1.29, 1.82) is 5.26 Å². The van der Waals surface area contributed by atoms with Crippen molar-refractivity contribution in [3.05, 3.63) is 11.9 Å². The first-order chi connectivity index (χ1) is 8.19. The minimum atomic E-state index is -0.721. The Labute approximate surface area is 98.9 Å². The van der Waals surface area contributed by atoms with Gasteiger partial charge < -0.3 is 5.11 Å². The van der Waals surface area contributed by atoms with E-state index in [0.29, 0.717) is 5.69 Å². The third-order valence-corrected chi connectivity index (χ3v) is 3.28. The number of carbonyl (C=O) groups is 1.